The summed E-state index contributed by atoms with van der Waals surface area (Å²) >= 11 is 1.70. The van der Waals surface area contributed by atoms with Crippen LogP contribution in [0.4, 0.5) is 0 Å². The van der Waals surface area contributed by atoms with Gasteiger partial charge in [0.2, 0.25) is 5.91 Å². The Hall–Kier alpha value is -0.750. The van der Waals surface area contributed by atoms with Crippen LogP contribution >= 0.6 is 11.8 Å². The SMILES string of the molecule is O=C(CSC1CCNCC1)NCC1(C(=O)O)CCCCC1. The molecule has 0 radical (unpaired) electrons. The Labute approximate surface area is 130 Å². The van der Waals surface area contributed by atoms with Gasteiger partial charge in [-0.25, -0.2) is 0 Å². The number of piperidine rings is 1. The van der Waals surface area contributed by atoms with Crippen molar-refractivity contribution in [3.8, 4) is 0 Å². The number of nitrogens with one attached hydrogen (secondary N) is 2. The molecule has 6 heteroatoms. The molecule has 120 valence electrons. The molecule has 1 saturated carbocycles. The maximum absolute atomic E-state index is 12.0. The van der Waals surface area contributed by atoms with E-state index in [2.05, 4.69) is 10.6 Å². The van der Waals surface area contributed by atoms with E-state index in [1.54, 1.807) is 11.8 Å². The predicted octanol–water partition coefficient (Wildman–Crippen LogP) is 1.62. The highest BCUT2D eigenvalue weighted by Gasteiger charge is 2.39. The monoisotopic (exact) mass is 314 g/mol. The molecule has 0 aromatic heterocycles. The lowest BCUT2D eigenvalue weighted by Crippen LogP contribution is -2.45. The Bertz CT molecular complexity index is 364. The van der Waals surface area contributed by atoms with Gasteiger partial charge in [-0.1, -0.05) is 19.3 Å². The topological polar surface area (TPSA) is 78.4 Å². The van der Waals surface area contributed by atoms with Crippen LogP contribution in [-0.2, 0) is 9.59 Å². The van der Waals surface area contributed by atoms with Crippen molar-refractivity contribution in [2.24, 2.45) is 5.41 Å². The van der Waals surface area contributed by atoms with Gasteiger partial charge in [-0.15, -0.1) is 11.8 Å². The standard InChI is InChI=1S/C15H26N2O3S/c18-13(10-21-12-4-8-16-9-5-12)17-11-15(14(19)20)6-2-1-3-7-15/h12,16H,1-11H2,(H,17,18)(H,19,20). The molecule has 0 bridgehead atoms. The molecule has 2 fully saturated rings. The largest absolute Gasteiger partial charge is 0.481 e. The van der Waals surface area contributed by atoms with E-state index in [1.165, 1.54) is 0 Å². The van der Waals surface area contributed by atoms with Crippen LogP contribution in [0, 0.1) is 5.41 Å². The average Bonchev–Trinajstić information content (AvgIpc) is 2.52. The first-order valence-corrected chi connectivity index (χ1v) is 9.00. The second-order valence-electron chi connectivity index (χ2n) is 6.18. The zero-order chi connectivity index (χ0) is 15.1. The summed E-state index contributed by atoms with van der Waals surface area (Å²) in [5.41, 5.74) is -0.729. The molecule has 1 amide bonds. The number of amides is 1. The smallest absolute Gasteiger partial charge is 0.311 e. The summed E-state index contributed by atoms with van der Waals surface area (Å²) in [5, 5.41) is 16.2. The van der Waals surface area contributed by atoms with Crippen molar-refractivity contribution >= 4 is 23.6 Å². The van der Waals surface area contributed by atoms with Crippen molar-refractivity contribution in [3.63, 3.8) is 0 Å². The van der Waals surface area contributed by atoms with E-state index in [9.17, 15) is 14.7 Å². The first-order valence-electron chi connectivity index (χ1n) is 7.95. The van der Waals surface area contributed by atoms with Crippen molar-refractivity contribution in [1.29, 1.82) is 0 Å². The quantitative estimate of drug-likeness (QED) is 0.694. The number of rotatable bonds is 6. The van der Waals surface area contributed by atoms with E-state index in [-0.39, 0.29) is 12.5 Å². The molecule has 0 atom stereocenters. The fourth-order valence-corrected chi connectivity index (χ4v) is 4.23. The van der Waals surface area contributed by atoms with Gasteiger partial charge >= 0.3 is 5.97 Å². The lowest BCUT2D eigenvalue weighted by atomic mass is 9.74. The molecule has 1 saturated heterocycles. The third-order valence-electron chi connectivity index (χ3n) is 4.62. The van der Waals surface area contributed by atoms with Gasteiger partial charge in [0.1, 0.15) is 0 Å². The molecule has 2 aliphatic rings. The second kappa shape index (κ2) is 8.03. The number of hydrogen-bond acceptors (Lipinski definition) is 4. The maximum atomic E-state index is 12.0. The van der Waals surface area contributed by atoms with Crippen molar-refractivity contribution in [3.05, 3.63) is 0 Å². The molecule has 1 heterocycles. The van der Waals surface area contributed by atoms with E-state index in [4.69, 9.17) is 0 Å². The number of carbonyl (C=O) groups excluding carboxylic acids is 1. The summed E-state index contributed by atoms with van der Waals surface area (Å²) in [6, 6.07) is 0. The van der Waals surface area contributed by atoms with Crippen molar-refractivity contribution in [2.75, 3.05) is 25.4 Å². The number of carboxylic acid groups (broad SMARTS) is 1. The van der Waals surface area contributed by atoms with Crippen LogP contribution < -0.4 is 10.6 Å². The van der Waals surface area contributed by atoms with E-state index in [1.807, 2.05) is 0 Å². The van der Waals surface area contributed by atoms with Gasteiger partial charge in [-0.3, -0.25) is 9.59 Å². The molecule has 0 spiro atoms. The van der Waals surface area contributed by atoms with Crippen LogP contribution in [0.3, 0.4) is 0 Å². The summed E-state index contributed by atoms with van der Waals surface area (Å²) in [6.45, 7) is 2.34. The lowest BCUT2D eigenvalue weighted by Gasteiger charge is -2.33. The first-order chi connectivity index (χ1) is 10.1. The van der Waals surface area contributed by atoms with Gasteiger partial charge in [0.05, 0.1) is 11.2 Å². The van der Waals surface area contributed by atoms with Crippen molar-refractivity contribution in [1.82, 2.24) is 10.6 Å². The lowest BCUT2D eigenvalue weighted by molar-refractivity contribution is -0.150. The Morgan fingerprint density at radius 1 is 1.19 bits per heavy atom. The summed E-state index contributed by atoms with van der Waals surface area (Å²) in [4.78, 5) is 23.5. The molecule has 1 aliphatic heterocycles. The Morgan fingerprint density at radius 2 is 1.86 bits per heavy atom. The minimum atomic E-state index is -0.756. The van der Waals surface area contributed by atoms with Crippen molar-refractivity contribution in [2.45, 2.75) is 50.2 Å². The van der Waals surface area contributed by atoms with Crippen LogP contribution in [0.25, 0.3) is 0 Å². The summed E-state index contributed by atoms with van der Waals surface area (Å²) in [6.07, 6.45) is 6.59. The molecule has 0 unspecified atom stereocenters. The first kappa shape index (κ1) is 16.6. The summed E-state index contributed by atoms with van der Waals surface area (Å²) in [7, 11) is 0. The zero-order valence-electron chi connectivity index (χ0n) is 12.5. The molecule has 5 nitrogen and oxygen atoms in total. The van der Waals surface area contributed by atoms with Crippen molar-refractivity contribution < 1.29 is 14.7 Å². The van der Waals surface area contributed by atoms with E-state index < -0.39 is 11.4 Å². The van der Waals surface area contributed by atoms with Crippen LogP contribution in [0.15, 0.2) is 0 Å². The third-order valence-corrected chi connectivity index (χ3v) is 6.00. The van der Waals surface area contributed by atoms with Gasteiger partial charge in [0, 0.05) is 11.8 Å². The highest BCUT2D eigenvalue weighted by atomic mass is 32.2. The summed E-state index contributed by atoms with van der Waals surface area (Å²) in [5.74, 6) is -0.335. The van der Waals surface area contributed by atoms with Gasteiger partial charge in [0.15, 0.2) is 0 Å². The average molecular weight is 314 g/mol. The highest BCUT2D eigenvalue weighted by molar-refractivity contribution is 8.00. The normalized spacial score (nSPS) is 22.7. The summed E-state index contributed by atoms with van der Waals surface area (Å²) < 4.78 is 0. The molecular weight excluding hydrogens is 288 g/mol. The minimum absolute atomic E-state index is 0.0234. The molecular formula is C15H26N2O3S. The number of aliphatic carboxylic acids is 1. The Morgan fingerprint density at radius 3 is 2.48 bits per heavy atom. The molecule has 21 heavy (non-hydrogen) atoms. The van der Waals surface area contributed by atoms with E-state index in [0.717, 1.165) is 45.2 Å². The highest BCUT2D eigenvalue weighted by Crippen LogP contribution is 2.36. The molecule has 3 N–H and O–H groups in total. The number of carboxylic acids is 1. The van der Waals surface area contributed by atoms with Crippen LogP contribution in [0.2, 0.25) is 0 Å². The minimum Gasteiger partial charge on any atom is -0.481 e. The van der Waals surface area contributed by atoms with Gasteiger partial charge in [-0.05, 0) is 38.8 Å². The van der Waals surface area contributed by atoms with Gasteiger partial charge in [0.25, 0.3) is 0 Å². The van der Waals surface area contributed by atoms with Crippen LogP contribution in [0.1, 0.15) is 44.9 Å². The van der Waals surface area contributed by atoms with E-state index >= 15 is 0 Å². The third kappa shape index (κ3) is 4.88. The molecule has 1 aliphatic carbocycles. The fraction of sp³-hybridized carbons (Fsp3) is 0.867. The predicted molar refractivity (Wildman–Crippen MR) is 84.5 cm³/mol. The molecule has 2 rings (SSSR count). The van der Waals surface area contributed by atoms with Gasteiger partial charge < -0.3 is 15.7 Å². The molecule has 0 aromatic carbocycles. The fourth-order valence-electron chi connectivity index (χ4n) is 3.17. The van der Waals surface area contributed by atoms with Gasteiger partial charge in [-0.2, -0.15) is 0 Å². The zero-order valence-corrected chi connectivity index (χ0v) is 13.3. The van der Waals surface area contributed by atoms with Crippen LogP contribution in [-0.4, -0.2) is 47.6 Å². The van der Waals surface area contributed by atoms with E-state index in [0.29, 0.717) is 23.8 Å². The molecule has 0 aromatic rings. The number of carbonyl (C=O) groups is 2. The van der Waals surface area contributed by atoms with Crippen LogP contribution in [0.5, 0.6) is 0 Å². The Balaban J connectivity index is 1.72. The number of hydrogen-bond donors (Lipinski definition) is 3. The second-order valence-corrected chi connectivity index (χ2v) is 7.47. The Kier molecular flexibility index (Phi) is 6.36. The maximum Gasteiger partial charge on any atom is 0.311 e. The number of thioether (sulfide) groups is 1.